The fourth-order valence-corrected chi connectivity index (χ4v) is 4.39. The predicted molar refractivity (Wildman–Crippen MR) is 127 cm³/mol. The molecule has 0 heterocycles. The van der Waals surface area contributed by atoms with Crippen molar-refractivity contribution in [2.24, 2.45) is 0 Å². The summed E-state index contributed by atoms with van der Waals surface area (Å²) in [5, 5.41) is 4.07. The number of carbonyl (C=O) groups is 2. The summed E-state index contributed by atoms with van der Waals surface area (Å²) in [4.78, 5) is 27.3. The molecular formula is C23H28Cl2N2O2S. The maximum atomic E-state index is 13.1. The summed E-state index contributed by atoms with van der Waals surface area (Å²) in [6, 6.07) is 12.7. The first-order chi connectivity index (χ1) is 14.3. The van der Waals surface area contributed by atoms with Crippen LogP contribution >= 0.6 is 35.0 Å². The van der Waals surface area contributed by atoms with Crippen LogP contribution in [0.15, 0.2) is 42.5 Å². The van der Waals surface area contributed by atoms with E-state index in [9.17, 15) is 9.59 Å². The molecule has 2 amide bonds. The van der Waals surface area contributed by atoms with Gasteiger partial charge in [-0.1, -0.05) is 60.5 Å². The molecule has 0 bridgehead atoms. The second-order valence-electron chi connectivity index (χ2n) is 7.14. The van der Waals surface area contributed by atoms with Crippen molar-refractivity contribution >= 4 is 46.8 Å². The fraction of sp³-hybridized carbons (Fsp3) is 0.391. The van der Waals surface area contributed by atoms with E-state index in [0.29, 0.717) is 28.9 Å². The number of nitrogens with zero attached hydrogens (tertiary/aromatic N) is 1. The molecule has 0 spiro atoms. The van der Waals surface area contributed by atoms with E-state index in [1.54, 1.807) is 24.0 Å². The number of thioether (sulfide) groups is 1. The Balaban J connectivity index is 2.08. The van der Waals surface area contributed by atoms with Crippen LogP contribution in [-0.2, 0) is 21.9 Å². The van der Waals surface area contributed by atoms with Crippen LogP contribution in [-0.4, -0.2) is 35.1 Å². The van der Waals surface area contributed by atoms with E-state index in [2.05, 4.69) is 5.32 Å². The number of nitrogens with one attached hydrogen (secondary N) is 1. The van der Waals surface area contributed by atoms with E-state index in [1.165, 1.54) is 11.8 Å². The third-order valence-electron chi connectivity index (χ3n) is 4.82. The van der Waals surface area contributed by atoms with Crippen LogP contribution in [0.1, 0.15) is 37.0 Å². The number of aryl methyl sites for hydroxylation is 1. The van der Waals surface area contributed by atoms with E-state index in [1.807, 2.05) is 44.2 Å². The smallest absolute Gasteiger partial charge is 0.242 e. The van der Waals surface area contributed by atoms with Crippen molar-refractivity contribution in [1.82, 2.24) is 10.2 Å². The van der Waals surface area contributed by atoms with E-state index >= 15 is 0 Å². The number of benzene rings is 2. The molecule has 2 aromatic rings. The Bertz CT molecular complexity index is 876. The Morgan fingerprint density at radius 3 is 2.53 bits per heavy atom. The number of carbonyl (C=O) groups excluding carboxylic acids is 2. The Labute approximate surface area is 193 Å². The first kappa shape index (κ1) is 24.6. The minimum absolute atomic E-state index is 0.0764. The van der Waals surface area contributed by atoms with E-state index in [-0.39, 0.29) is 17.6 Å². The minimum atomic E-state index is -0.552. The molecule has 0 aliphatic rings. The van der Waals surface area contributed by atoms with Crippen LogP contribution in [0.4, 0.5) is 0 Å². The molecule has 4 nitrogen and oxygen atoms in total. The highest BCUT2D eigenvalue weighted by atomic mass is 35.5. The highest BCUT2D eigenvalue weighted by Gasteiger charge is 2.26. The molecular weight excluding hydrogens is 439 g/mol. The summed E-state index contributed by atoms with van der Waals surface area (Å²) in [7, 11) is 0. The van der Waals surface area contributed by atoms with Crippen molar-refractivity contribution in [3.8, 4) is 0 Å². The molecule has 2 aromatic carbocycles. The lowest BCUT2D eigenvalue weighted by Gasteiger charge is -2.29. The molecule has 0 saturated carbocycles. The molecule has 0 radical (unpaired) electrons. The second kappa shape index (κ2) is 12.2. The molecule has 0 aromatic heterocycles. The second-order valence-corrected chi connectivity index (χ2v) is 8.97. The summed E-state index contributed by atoms with van der Waals surface area (Å²) in [6.45, 7) is 6.78. The van der Waals surface area contributed by atoms with Gasteiger partial charge in [-0.2, -0.15) is 0 Å². The van der Waals surface area contributed by atoms with Gasteiger partial charge in [0.25, 0.3) is 0 Å². The minimum Gasteiger partial charge on any atom is -0.354 e. The molecule has 0 aliphatic carbocycles. The van der Waals surface area contributed by atoms with Gasteiger partial charge in [-0.3, -0.25) is 9.59 Å². The van der Waals surface area contributed by atoms with Crippen molar-refractivity contribution in [2.45, 2.75) is 45.5 Å². The molecule has 0 unspecified atom stereocenters. The number of hydrogen-bond donors (Lipinski definition) is 1. The summed E-state index contributed by atoms with van der Waals surface area (Å²) in [5.74, 6) is 0.643. The Hall–Kier alpha value is -1.69. The van der Waals surface area contributed by atoms with Gasteiger partial charge in [0.15, 0.2) is 0 Å². The average Bonchev–Trinajstić information content (AvgIpc) is 2.72. The largest absolute Gasteiger partial charge is 0.354 e. The summed E-state index contributed by atoms with van der Waals surface area (Å²) < 4.78 is 0. The number of rotatable bonds is 10. The molecule has 7 heteroatoms. The lowest BCUT2D eigenvalue weighted by molar-refractivity contribution is -0.138. The molecule has 0 fully saturated rings. The lowest BCUT2D eigenvalue weighted by Crippen LogP contribution is -2.48. The zero-order valence-corrected chi connectivity index (χ0v) is 19.9. The zero-order chi connectivity index (χ0) is 22.1. The maximum absolute atomic E-state index is 13.1. The van der Waals surface area contributed by atoms with Crippen LogP contribution in [0.3, 0.4) is 0 Å². The monoisotopic (exact) mass is 466 g/mol. The average molecular weight is 467 g/mol. The van der Waals surface area contributed by atoms with Crippen molar-refractivity contribution in [3.05, 3.63) is 69.2 Å². The first-order valence-electron chi connectivity index (χ1n) is 9.96. The van der Waals surface area contributed by atoms with Gasteiger partial charge in [-0.05, 0) is 49.1 Å². The first-order valence-corrected chi connectivity index (χ1v) is 11.9. The van der Waals surface area contributed by atoms with Crippen LogP contribution in [0.25, 0.3) is 0 Å². The van der Waals surface area contributed by atoms with Gasteiger partial charge in [0.05, 0.1) is 5.75 Å². The van der Waals surface area contributed by atoms with E-state index in [4.69, 9.17) is 23.2 Å². The van der Waals surface area contributed by atoms with Crippen LogP contribution in [0, 0.1) is 6.92 Å². The summed E-state index contributed by atoms with van der Waals surface area (Å²) in [6.07, 6.45) is 0.849. The molecule has 0 aliphatic heterocycles. The quantitative estimate of drug-likeness (QED) is 0.504. The third kappa shape index (κ3) is 7.22. The highest BCUT2D eigenvalue weighted by Crippen LogP contribution is 2.25. The Morgan fingerprint density at radius 2 is 1.87 bits per heavy atom. The molecule has 30 heavy (non-hydrogen) atoms. The normalized spacial score (nSPS) is 11.8. The summed E-state index contributed by atoms with van der Waals surface area (Å²) in [5.41, 5.74) is 3.06. The van der Waals surface area contributed by atoms with Gasteiger partial charge in [0.2, 0.25) is 11.8 Å². The topological polar surface area (TPSA) is 49.4 Å². The number of halogens is 2. The van der Waals surface area contributed by atoms with Gasteiger partial charge < -0.3 is 10.2 Å². The SMILES string of the molecule is CCCNC(=O)[C@H](C)N(Cc1ccccc1C)C(=O)CSCc1ccc(Cl)cc1Cl. The van der Waals surface area contributed by atoms with Crippen LogP contribution in [0.5, 0.6) is 0 Å². The standard InChI is InChI=1S/C23H28Cl2N2O2S/c1-4-11-26-23(29)17(3)27(13-18-8-6-5-7-16(18)2)22(28)15-30-14-19-9-10-20(24)12-21(19)25/h5-10,12,17H,4,11,13-15H2,1-3H3,(H,26,29)/t17-/m0/s1. The Morgan fingerprint density at radius 1 is 1.13 bits per heavy atom. The fourth-order valence-electron chi connectivity index (χ4n) is 2.92. The van der Waals surface area contributed by atoms with Gasteiger partial charge in [0, 0.05) is 28.9 Å². The van der Waals surface area contributed by atoms with Crippen molar-refractivity contribution in [2.75, 3.05) is 12.3 Å². The van der Waals surface area contributed by atoms with E-state index < -0.39 is 6.04 Å². The van der Waals surface area contributed by atoms with Crippen LogP contribution < -0.4 is 5.32 Å². The number of hydrogen-bond acceptors (Lipinski definition) is 3. The molecule has 162 valence electrons. The predicted octanol–water partition coefficient (Wildman–Crippen LogP) is 5.48. The van der Waals surface area contributed by atoms with Crippen LogP contribution in [0.2, 0.25) is 10.0 Å². The molecule has 1 atom stereocenters. The van der Waals surface area contributed by atoms with Crippen molar-refractivity contribution in [1.29, 1.82) is 0 Å². The molecule has 1 N–H and O–H groups in total. The van der Waals surface area contributed by atoms with E-state index in [0.717, 1.165) is 23.1 Å². The van der Waals surface area contributed by atoms with Gasteiger partial charge in [-0.15, -0.1) is 11.8 Å². The van der Waals surface area contributed by atoms with Crippen molar-refractivity contribution in [3.63, 3.8) is 0 Å². The van der Waals surface area contributed by atoms with Gasteiger partial charge >= 0.3 is 0 Å². The Kier molecular flexibility index (Phi) is 10.0. The highest BCUT2D eigenvalue weighted by molar-refractivity contribution is 7.99. The zero-order valence-electron chi connectivity index (χ0n) is 17.6. The van der Waals surface area contributed by atoms with Gasteiger partial charge in [0.1, 0.15) is 6.04 Å². The third-order valence-corrected chi connectivity index (χ3v) is 6.37. The van der Waals surface area contributed by atoms with Crippen molar-refractivity contribution < 1.29 is 9.59 Å². The maximum Gasteiger partial charge on any atom is 0.242 e. The lowest BCUT2D eigenvalue weighted by atomic mass is 10.1. The molecule has 0 saturated heterocycles. The van der Waals surface area contributed by atoms with Gasteiger partial charge in [-0.25, -0.2) is 0 Å². The molecule has 2 rings (SSSR count). The summed E-state index contributed by atoms with van der Waals surface area (Å²) >= 11 is 13.6. The number of amides is 2.